The molecule has 160 valence electrons. The quantitative estimate of drug-likeness (QED) is 0.355. The zero-order chi connectivity index (χ0) is 21.8. The molecule has 4 rings (SSSR count). The molecular formula is C24H25ClN4OS. The van der Waals surface area contributed by atoms with E-state index in [-0.39, 0.29) is 11.9 Å². The Morgan fingerprint density at radius 2 is 2.03 bits per heavy atom. The van der Waals surface area contributed by atoms with E-state index >= 15 is 0 Å². The first kappa shape index (κ1) is 21.7. The molecule has 1 atom stereocenters. The molecule has 1 aromatic heterocycles. The van der Waals surface area contributed by atoms with E-state index in [1.807, 2.05) is 40.8 Å². The predicted octanol–water partition coefficient (Wildman–Crippen LogP) is 5.41. The van der Waals surface area contributed by atoms with Crippen molar-refractivity contribution in [2.75, 3.05) is 12.8 Å². The summed E-state index contributed by atoms with van der Waals surface area (Å²) in [6.45, 7) is 4.41. The minimum Gasteiger partial charge on any atom is -0.338 e. The lowest BCUT2D eigenvalue weighted by Gasteiger charge is -2.33. The van der Waals surface area contributed by atoms with Crippen LogP contribution in [0.5, 0.6) is 0 Å². The van der Waals surface area contributed by atoms with E-state index in [0.717, 1.165) is 30.7 Å². The number of allylic oxidation sites excluding steroid dienone is 1. The van der Waals surface area contributed by atoms with Crippen LogP contribution < -0.4 is 0 Å². The summed E-state index contributed by atoms with van der Waals surface area (Å²) in [5.41, 5.74) is 3.55. The lowest BCUT2D eigenvalue weighted by Crippen LogP contribution is -2.34. The van der Waals surface area contributed by atoms with Crippen LogP contribution in [0.15, 0.2) is 66.3 Å². The summed E-state index contributed by atoms with van der Waals surface area (Å²) in [7, 11) is 1.91. The largest absolute Gasteiger partial charge is 0.338 e. The van der Waals surface area contributed by atoms with Crippen molar-refractivity contribution in [3.8, 4) is 11.4 Å². The van der Waals surface area contributed by atoms with Crippen molar-refractivity contribution in [3.63, 3.8) is 0 Å². The van der Waals surface area contributed by atoms with Gasteiger partial charge in [0.2, 0.25) is 5.91 Å². The molecule has 0 radical (unpaired) electrons. The van der Waals surface area contributed by atoms with Gasteiger partial charge >= 0.3 is 0 Å². The molecular weight excluding hydrogens is 428 g/mol. The number of aromatic nitrogens is 3. The zero-order valence-electron chi connectivity index (χ0n) is 17.5. The van der Waals surface area contributed by atoms with Crippen molar-refractivity contribution in [3.05, 3.63) is 77.3 Å². The number of halogens is 1. The lowest BCUT2D eigenvalue weighted by molar-refractivity contribution is -0.129. The molecule has 1 heterocycles. The second-order valence-corrected chi connectivity index (χ2v) is 8.99. The van der Waals surface area contributed by atoms with Gasteiger partial charge in [0.15, 0.2) is 11.0 Å². The van der Waals surface area contributed by atoms with Crippen LogP contribution in [0.25, 0.3) is 11.4 Å². The number of rotatable bonds is 7. The average Bonchev–Trinajstić information content (AvgIpc) is 3.20. The molecule has 0 aliphatic heterocycles. The third-order valence-corrected chi connectivity index (χ3v) is 6.86. The number of carbonyl (C=O) groups is 1. The van der Waals surface area contributed by atoms with E-state index in [1.165, 1.54) is 22.9 Å². The molecule has 0 saturated carbocycles. The highest BCUT2D eigenvalue weighted by molar-refractivity contribution is 7.99. The predicted molar refractivity (Wildman–Crippen MR) is 126 cm³/mol. The Kier molecular flexibility index (Phi) is 6.78. The van der Waals surface area contributed by atoms with Gasteiger partial charge in [-0.2, -0.15) is 0 Å². The van der Waals surface area contributed by atoms with Gasteiger partial charge in [0.1, 0.15) is 0 Å². The lowest BCUT2D eigenvalue weighted by atomic mass is 9.87. The third-order valence-electron chi connectivity index (χ3n) is 5.65. The van der Waals surface area contributed by atoms with Gasteiger partial charge in [-0.15, -0.1) is 16.8 Å². The van der Waals surface area contributed by atoms with E-state index in [2.05, 4.69) is 41.0 Å². The molecule has 1 unspecified atom stereocenters. The number of fused-ring (bicyclic) bond motifs is 1. The summed E-state index contributed by atoms with van der Waals surface area (Å²) in [6.07, 6.45) is 4.99. The van der Waals surface area contributed by atoms with Crippen LogP contribution in [-0.2, 0) is 17.8 Å². The van der Waals surface area contributed by atoms with Gasteiger partial charge < -0.3 is 4.90 Å². The van der Waals surface area contributed by atoms with Crippen LogP contribution in [0.2, 0.25) is 5.02 Å². The summed E-state index contributed by atoms with van der Waals surface area (Å²) < 4.78 is 1.98. The molecule has 0 fully saturated rings. The fraction of sp³-hybridized carbons (Fsp3) is 0.292. The number of hydrogen-bond donors (Lipinski definition) is 0. The summed E-state index contributed by atoms with van der Waals surface area (Å²) >= 11 is 7.42. The van der Waals surface area contributed by atoms with E-state index in [4.69, 9.17) is 11.6 Å². The maximum absolute atomic E-state index is 13.0. The molecule has 5 nitrogen and oxygen atoms in total. The van der Waals surface area contributed by atoms with Crippen LogP contribution in [0.4, 0.5) is 0 Å². The van der Waals surface area contributed by atoms with Gasteiger partial charge in [-0.3, -0.25) is 9.36 Å². The average molecular weight is 453 g/mol. The highest BCUT2D eigenvalue weighted by atomic mass is 35.5. The summed E-state index contributed by atoms with van der Waals surface area (Å²) in [4.78, 5) is 14.9. The fourth-order valence-corrected chi connectivity index (χ4v) is 5.03. The van der Waals surface area contributed by atoms with E-state index in [9.17, 15) is 4.79 Å². The number of benzene rings is 2. The minimum atomic E-state index is 0.0906. The van der Waals surface area contributed by atoms with Crippen LogP contribution >= 0.6 is 23.4 Å². The number of carbonyl (C=O) groups excluding carboxylic acids is 1. The number of nitrogens with zero attached hydrogens (tertiary/aromatic N) is 4. The minimum absolute atomic E-state index is 0.0906. The standard InChI is InChI=1S/C24H25ClN4OS/c1-3-15-29-23(18-11-13-19(25)14-12-18)26-27-24(29)31-16-22(30)28(2)21-10-6-8-17-7-4-5-9-20(17)21/h3-5,7,9,11-14,21H,1,6,8,10,15-16H2,2H3. The van der Waals surface area contributed by atoms with Crippen molar-refractivity contribution in [2.45, 2.75) is 37.0 Å². The molecule has 1 amide bonds. The molecule has 7 heteroatoms. The van der Waals surface area contributed by atoms with Crippen LogP contribution in [-0.4, -0.2) is 38.4 Å². The first-order valence-corrected chi connectivity index (χ1v) is 11.7. The maximum atomic E-state index is 13.0. The van der Waals surface area contributed by atoms with Crippen molar-refractivity contribution >= 4 is 29.3 Å². The Balaban J connectivity index is 1.48. The van der Waals surface area contributed by atoms with Crippen LogP contribution in [0.1, 0.15) is 30.0 Å². The molecule has 0 N–H and O–H groups in total. The molecule has 0 spiro atoms. The van der Waals surface area contributed by atoms with E-state index < -0.39 is 0 Å². The zero-order valence-corrected chi connectivity index (χ0v) is 19.1. The topological polar surface area (TPSA) is 51.0 Å². The number of thioether (sulfide) groups is 1. The van der Waals surface area contributed by atoms with Gasteiger partial charge in [-0.05, 0) is 54.7 Å². The van der Waals surface area contributed by atoms with Crippen molar-refractivity contribution in [1.29, 1.82) is 0 Å². The van der Waals surface area contributed by atoms with Gasteiger partial charge in [0, 0.05) is 24.2 Å². The number of aryl methyl sites for hydroxylation is 1. The molecule has 0 bridgehead atoms. The Labute approximate surface area is 192 Å². The molecule has 0 saturated heterocycles. The van der Waals surface area contributed by atoms with Crippen molar-refractivity contribution in [2.24, 2.45) is 0 Å². The Bertz CT molecular complexity index is 1080. The molecule has 31 heavy (non-hydrogen) atoms. The smallest absolute Gasteiger partial charge is 0.233 e. The Morgan fingerprint density at radius 1 is 1.26 bits per heavy atom. The Hall–Kier alpha value is -2.57. The summed E-state index contributed by atoms with van der Waals surface area (Å²) in [5, 5.41) is 10.1. The molecule has 3 aromatic rings. The highest BCUT2D eigenvalue weighted by Crippen LogP contribution is 2.34. The molecule has 1 aliphatic carbocycles. The van der Waals surface area contributed by atoms with Gasteiger partial charge in [0.05, 0.1) is 11.8 Å². The first-order valence-electron chi connectivity index (χ1n) is 10.3. The van der Waals surface area contributed by atoms with Crippen LogP contribution in [0.3, 0.4) is 0 Å². The molecule has 2 aromatic carbocycles. The number of hydrogen-bond acceptors (Lipinski definition) is 4. The van der Waals surface area contributed by atoms with E-state index in [0.29, 0.717) is 22.5 Å². The Morgan fingerprint density at radius 3 is 2.81 bits per heavy atom. The third kappa shape index (κ3) is 4.70. The summed E-state index contributed by atoms with van der Waals surface area (Å²) in [5.74, 6) is 1.14. The monoisotopic (exact) mass is 452 g/mol. The van der Waals surface area contributed by atoms with E-state index in [1.54, 1.807) is 6.08 Å². The molecule has 1 aliphatic rings. The SMILES string of the molecule is C=CCn1c(SCC(=O)N(C)C2CCCc3ccccc32)nnc1-c1ccc(Cl)cc1. The van der Waals surface area contributed by atoms with Gasteiger partial charge in [0.25, 0.3) is 0 Å². The summed E-state index contributed by atoms with van der Waals surface area (Å²) in [6, 6.07) is 16.1. The van der Waals surface area contributed by atoms with Gasteiger partial charge in [-0.25, -0.2) is 0 Å². The maximum Gasteiger partial charge on any atom is 0.233 e. The van der Waals surface area contributed by atoms with Gasteiger partial charge in [-0.1, -0.05) is 53.7 Å². The second-order valence-electron chi connectivity index (χ2n) is 7.61. The number of amides is 1. The fourth-order valence-electron chi connectivity index (χ4n) is 4.03. The first-order chi connectivity index (χ1) is 15.1. The van der Waals surface area contributed by atoms with Crippen molar-refractivity contribution in [1.82, 2.24) is 19.7 Å². The second kappa shape index (κ2) is 9.71. The van der Waals surface area contributed by atoms with Crippen LogP contribution in [0, 0.1) is 0 Å². The normalized spacial score (nSPS) is 15.4. The van der Waals surface area contributed by atoms with Crippen molar-refractivity contribution < 1.29 is 4.79 Å². The highest BCUT2D eigenvalue weighted by Gasteiger charge is 2.27.